The fraction of sp³-hybridized carbons (Fsp3) is 0.235. The van der Waals surface area contributed by atoms with E-state index in [2.05, 4.69) is 0 Å². The highest BCUT2D eigenvalue weighted by molar-refractivity contribution is 5.95. The van der Waals surface area contributed by atoms with Gasteiger partial charge in [0.15, 0.2) is 11.6 Å². The van der Waals surface area contributed by atoms with Crippen molar-refractivity contribution in [3.63, 3.8) is 0 Å². The summed E-state index contributed by atoms with van der Waals surface area (Å²) < 4.78 is 11.7. The van der Waals surface area contributed by atoms with Gasteiger partial charge in [0, 0.05) is 36.8 Å². The van der Waals surface area contributed by atoms with Crippen molar-refractivity contribution in [2.45, 2.75) is 39.5 Å². The van der Waals surface area contributed by atoms with Gasteiger partial charge in [-0.1, -0.05) is 36.4 Å². The third-order valence-corrected chi connectivity index (χ3v) is 7.64. The van der Waals surface area contributed by atoms with Crippen LogP contribution >= 0.6 is 0 Å². The van der Waals surface area contributed by atoms with Gasteiger partial charge in [-0.3, -0.25) is 9.59 Å². The molecule has 0 fully saturated rings. The van der Waals surface area contributed by atoms with E-state index in [1.807, 2.05) is 60.7 Å². The molecule has 0 aromatic heterocycles. The van der Waals surface area contributed by atoms with Crippen molar-refractivity contribution in [1.29, 1.82) is 0 Å². The summed E-state index contributed by atoms with van der Waals surface area (Å²) in [5.74, 6) is 1.36. The third-order valence-electron chi connectivity index (χ3n) is 7.64. The first-order chi connectivity index (χ1) is 19.2. The molecule has 0 spiro atoms. The molecule has 8 bridgehead atoms. The quantitative estimate of drug-likeness (QED) is 0.266. The molecule has 0 heterocycles. The lowest BCUT2D eigenvalue weighted by Gasteiger charge is -2.20. The number of phenolic OH excluding ortho intramolecular Hbond substituents is 2. The lowest BCUT2D eigenvalue weighted by Crippen LogP contribution is -2.07. The molecular weight excluding hydrogens is 504 g/mol. The monoisotopic (exact) mass is 536 g/mol. The van der Waals surface area contributed by atoms with Crippen LogP contribution in [0.25, 0.3) is 0 Å². The van der Waals surface area contributed by atoms with E-state index < -0.39 is 0 Å². The standard InChI is InChI=1S/C34H32O6/c1-19(35)25-15-27-11-21-7-5-9-23(31(21)37)13-29-17-26(20(2)36)18-30(34(29)40-4)14-24-10-6-8-22(32(24)38)12-28(16-25)33(27)39-3/h5-10,15-18,37-38H,11-14H2,1-4H3. The lowest BCUT2D eigenvalue weighted by molar-refractivity contribution is 0.100. The van der Waals surface area contributed by atoms with Gasteiger partial charge in [0.1, 0.15) is 23.0 Å². The topological polar surface area (TPSA) is 93.1 Å². The average molecular weight is 537 g/mol. The van der Waals surface area contributed by atoms with Crippen LogP contribution in [0.3, 0.4) is 0 Å². The molecule has 2 N–H and O–H groups in total. The van der Waals surface area contributed by atoms with Crippen molar-refractivity contribution in [2.75, 3.05) is 14.2 Å². The predicted molar refractivity (Wildman–Crippen MR) is 153 cm³/mol. The minimum atomic E-state index is -0.0811. The smallest absolute Gasteiger partial charge is 0.159 e. The van der Waals surface area contributed by atoms with Gasteiger partial charge >= 0.3 is 0 Å². The number of hydrogen-bond donors (Lipinski definition) is 2. The summed E-state index contributed by atoms with van der Waals surface area (Å²) in [4.78, 5) is 25.0. The number of hydrogen-bond acceptors (Lipinski definition) is 6. The lowest BCUT2D eigenvalue weighted by atomic mass is 9.89. The summed E-state index contributed by atoms with van der Waals surface area (Å²) in [6.07, 6.45) is 1.33. The summed E-state index contributed by atoms with van der Waals surface area (Å²) in [7, 11) is 3.18. The van der Waals surface area contributed by atoms with Crippen molar-refractivity contribution >= 4 is 11.6 Å². The Kier molecular flexibility index (Phi) is 7.35. The second-order valence-corrected chi connectivity index (χ2v) is 10.3. The SMILES string of the molecule is COc1c2cc(C(C)=O)cc1Cc1cccc(c1O)Cc1cc(C(C)=O)cc(c1OC)Cc1cccc(c1O)C2. The average Bonchev–Trinajstić information content (AvgIpc) is 2.92. The molecule has 0 saturated heterocycles. The molecule has 0 atom stereocenters. The van der Waals surface area contributed by atoms with E-state index in [0.717, 1.165) is 22.3 Å². The maximum atomic E-state index is 12.5. The van der Waals surface area contributed by atoms with Gasteiger partial charge in [-0.15, -0.1) is 0 Å². The highest BCUT2D eigenvalue weighted by atomic mass is 16.5. The van der Waals surface area contributed by atoms with E-state index in [4.69, 9.17) is 9.47 Å². The summed E-state index contributed by atoms with van der Waals surface area (Å²) in [5.41, 5.74) is 6.85. The molecule has 40 heavy (non-hydrogen) atoms. The van der Waals surface area contributed by atoms with E-state index in [0.29, 0.717) is 70.6 Å². The molecule has 0 aliphatic heterocycles. The molecule has 0 amide bonds. The van der Waals surface area contributed by atoms with Gasteiger partial charge in [-0.2, -0.15) is 0 Å². The van der Waals surface area contributed by atoms with Crippen molar-refractivity contribution in [1.82, 2.24) is 0 Å². The normalized spacial score (nSPS) is 12.5. The molecule has 5 rings (SSSR count). The summed E-state index contributed by atoms with van der Waals surface area (Å²) in [6.45, 7) is 3.04. The molecule has 204 valence electrons. The highest BCUT2D eigenvalue weighted by Gasteiger charge is 2.22. The summed E-state index contributed by atoms with van der Waals surface area (Å²) in [5, 5.41) is 22.8. The molecule has 0 saturated carbocycles. The van der Waals surface area contributed by atoms with Gasteiger partial charge in [0.05, 0.1) is 14.2 Å². The number of aromatic hydroxyl groups is 2. The van der Waals surface area contributed by atoms with Crippen LogP contribution in [0.15, 0.2) is 60.7 Å². The van der Waals surface area contributed by atoms with Crippen LogP contribution in [0.1, 0.15) is 79.1 Å². The Morgan fingerprint density at radius 3 is 1.05 bits per heavy atom. The van der Waals surface area contributed by atoms with E-state index in [9.17, 15) is 19.8 Å². The zero-order valence-corrected chi connectivity index (χ0v) is 23.1. The largest absolute Gasteiger partial charge is 0.507 e. The maximum Gasteiger partial charge on any atom is 0.159 e. The van der Waals surface area contributed by atoms with Gasteiger partial charge < -0.3 is 19.7 Å². The van der Waals surface area contributed by atoms with E-state index in [-0.39, 0.29) is 23.1 Å². The van der Waals surface area contributed by atoms with Crippen molar-refractivity contribution in [2.24, 2.45) is 0 Å². The minimum Gasteiger partial charge on any atom is -0.507 e. The van der Waals surface area contributed by atoms with E-state index in [1.54, 1.807) is 14.2 Å². The summed E-state index contributed by atoms with van der Waals surface area (Å²) in [6, 6.07) is 18.4. The number of rotatable bonds is 4. The number of ether oxygens (including phenoxy) is 2. The van der Waals surface area contributed by atoms with E-state index >= 15 is 0 Å². The van der Waals surface area contributed by atoms with Crippen LogP contribution in [0.2, 0.25) is 0 Å². The summed E-state index contributed by atoms with van der Waals surface area (Å²) >= 11 is 0. The van der Waals surface area contributed by atoms with Gasteiger partial charge in [0.2, 0.25) is 0 Å². The highest BCUT2D eigenvalue weighted by Crippen LogP contribution is 2.38. The van der Waals surface area contributed by atoms with Gasteiger partial charge in [0.25, 0.3) is 0 Å². The Hall–Kier alpha value is -4.58. The number of carbonyl (C=O) groups is 2. The number of fused-ring (bicyclic) bond motifs is 8. The zero-order valence-electron chi connectivity index (χ0n) is 23.1. The number of para-hydroxylation sites is 2. The van der Waals surface area contributed by atoms with E-state index in [1.165, 1.54) is 13.8 Å². The molecule has 6 heteroatoms. The Morgan fingerprint density at radius 2 is 0.825 bits per heavy atom. The van der Waals surface area contributed by atoms with Crippen LogP contribution in [0.5, 0.6) is 23.0 Å². The number of phenols is 2. The fourth-order valence-corrected chi connectivity index (χ4v) is 5.65. The van der Waals surface area contributed by atoms with Crippen LogP contribution in [-0.2, 0) is 25.7 Å². The molecule has 4 aromatic rings. The third kappa shape index (κ3) is 5.05. The predicted octanol–water partition coefficient (Wildman–Crippen LogP) is 6.20. The first-order valence-electron chi connectivity index (χ1n) is 13.2. The first-order valence-corrected chi connectivity index (χ1v) is 13.2. The van der Waals surface area contributed by atoms with Crippen LogP contribution in [0.4, 0.5) is 0 Å². The van der Waals surface area contributed by atoms with Crippen molar-refractivity contribution in [3.8, 4) is 23.0 Å². The molecule has 0 unspecified atom stereocenters. The Balaban J connectivity index is 1.80. The molecule has 1 aliphatic rings. The molecule has 1 aliphatic carbocycles. The molecule has 6 nitrogen and oxygen atoms in total. The number of benzene rings is 4. The Bertz CT molecular complexity index is 1440. The minimum absolute atomic E-state index is 0.0811. The van der Waals surface area contributed by atoms with Crippen LogP contribution in [0, 0.1) is 0 Å². The second kappa shape index (κ2) is 10.9. The number of Topliss-reactive ketones (excluding diaryl/α,β-unsaturated/α-hetero) is 2. The number of carbonyl (C=O) groups excluding carboxylic acids is 2. The van der Waals surface area contributed by atoms with Crippen LogP contribution in [-0.4, -0.2) is 36.0 Å². The number of ketones is 2. The zero-order chi connectivity index (χ0) is 28.6. The Labute approximate surface area is 233 Å². The first kappa shape index (κ1) is 27.0. The number of methoxy groups -OCH3 is 2. The fourth-order valence-electron chi connectivity index (χ4n) is 5.65. The van der Waals surface area contributed by atoms with Gasteiger partial charge in [-0.05, 0) is 82.6 Å². The molecule has 4 aromatic carbocycles. The van der Waals surface area contributed by atoms with Crippen LogP contribution < -0.4 is 9.47 Å². The van der Waals surface area contributed by atoms with Crippen molar-refractivity contribution < 1.29 is 29.3 Å². The molecule has 0 radical (unpaired) electrons. The molecular formula is C34H32O6. The van der Waals surface area contributed by atoms with Crippen molar-refractivity contribution in [3.05, 3.63) is 116 Å². The van der Waals surface area contributed by atoms with Gasteiger partial charge in [-0.25, -0.2) is 0 Å². The maximum absolute atomic E-state index is 12.5. The second-order valence-electron chi connectivity index (χ2n) is 10.3. The Morgan fingerprint density at radius 1 is 0.550 bits per heavy atom.